The molecule has 5 rings (SSSR count). The first-order valence-corrected chi connectivity index (χ1v) is 11.7. The number of amides is 2. The number of pyridine rings is 1. The molecule has 37 heavy (non-hydrogen) atoms. The SMILES string of the molecule is CCOc1ccc(CN2C(=O)c3ccccc3C2=O)cc1C(=O)OCc1cc(=O)n2cc(C)ccc2n1. The standard InChI is InChI=1S/C28H23N3O6/c1-3-36-23-10-9-18(15-31-26(33)20-6-4-5-7-21(20)27(31)34)12-22(23)28(35)37-16-19-13-25(32)30-14-17(2)8-11-24(30)29-19/h4-14H,3,15-16H2,1-2H3. The van der Waals surface area contributed by atoms with Crippen molar-refractivity contribution in [3.8, 4) is 5.75 Å². The molecule has 186 valence electrons. The topological polar surface area (TPSA) is 107 Å². The number of carbonyl (C=O) groups is 3. The molecule has 1 aliphatic rings. The van der Waals surface area contributed by atoms with Gasteiger partial charge in [0, 0.05) is 12.3 Å². The third-order valence-electron chi connectivity index (χ3n) is 5.99. The number of aryl methyl sites for hydroxylation is 1. The number of benzene rings is 2. The highest BCUT2D eigenvalue weighted by molar-refractivity contribution is 6.21. The fraction of sp³-hybridized carbons (Fsp3) is 0.179. The summed E-state index contributed by atoms with van der Waals surface area (Å²) in [7, 11) is 0. The average molecular weight is 498 g/mol. The Kier molecular flexibility index (Phi) is 6.27. The highest BCUT2D eigenvalue weighted by Crippen LogP contribution is 2.27. The first-order chi connectivity index (χ1) is 17.9. The van der Waals surface area contributed by atoms with E-state index in [1.165, 1.54) is 10.5 Å². The second-order valence-corrected chi connectivity index (χ2v) is 8.60. The molecule has 0 spiro atoms. The third-order valence-corrected chi connectivity index (χ3v) is 5.99. The van der Waals surface area contributed by atoms with Gasteiger partial charge in [0.1, 0.15) is 23.6 Å². The molecular weight excluding hydrogens is 474 g/mol. The van der Waals surface area contributed by atoms with Crippen LogP contribution in [0, 0.1) is 6.92 Å². The number of carbonyl (C=O) groups excluding carboxylic acids is 3. The molecule has 2 aromatic heterocycles. The van der Waals surface area contributed by atoms with Crippen LogP contribution in [0.25, 0.3) is 5.65 Å². The van der Waals surface area contributed by atoms with Crippen LogP contribution in [-0.4, -0.2) is 38.7 Å². The Balaban J connectivity index is 1.37. The molecule has 3 heterocycles. The van der Waals surface area contributed by atoms with Gasteiger partial charge < -0.3 is 9.47 Å². The summed E-state index contributed by atoms with van der Waals surface area (Å²) in [5.74, 6) is -1.15. The fourth-order valence-corrected chi connectivity index (χ4v) is 4.23. The molecule has 0 fully saturated rings. The Morgan fingerprint density at radius 2 is 1.68 bits per heavy atom. The summed E-state index contributed by atoms with van der Waals surface area (Å²) in [4.78, 5) is 56.5. The Labute approximate surface area is 211 Å². The average Bonchev–Trinajstić information content (AvgIpc) is 3.13. The quantitative estimate of drug-likeness (QED) is 0.284. The van der Waals surface area contributed by atoms with Gasteiger partial charge in [0.05, 0.1) is 30.0 Å². The minimum atomic E-state index is -0.682. The lowest BCUT2D eigenvalue weighted by molar-refractivity contribution is 0.0463. The summed E-state index contributed by atoms with van der Waals surface area (Å²) < 4.78 is 12.5. The van der Waals surface area contributed by atoms with Crippen molar-refractivity contribution in [3.05, 3.63) is 111 Å². The molecule has 0 saturated carbocycles. The van der Waals surface area contributed by atoms with Gasteiger partial charge in [-0.05, 0) is 55.3 Å². The molecule has 0 radical (unpaired) electrons. The monoisotopic (exact) mass is 497 g/mol. The summed E-state index contributed by atoms with van der Waals surface area (Å²) >= 11 is 0. The number of esters is 1. The molecule has 2 amide bonds. The van der Waals surface area contributed by atoms with Crippen LogP contribution < -0.4 is 10.3 Å². The van der Waals surface area contributed by atoms with Crippen molar-refractivity contribution in [1.29, 1.82) is 0 Å². The number of aromatic nitrogens is 2. The molecule has 4 aromatic rings. The maximum atomic E-state index is 13.0. The minimum Gasteiger partial charge on any atom is -0.493 e. The molecule has 0 bridgehead atoms. The van der Waals surface area contributed by atoms with Crippen molar-refractivity contribution in [3.63, 3.8) is 0 Å². The van der Waals surface area contributed by atoms with Crippen molar-refractivity contribution < 1.29 is 23.9 Å². The van der Waals surface area contributed by atoms with Gasteiger partial charge in [-0.3, -0.25) is 23.7 Å². The number of hydrogen-bond acceptors (Lipinski definition) is 7. The smallest absolute Gasteiger partial charge is 0.342 e. The van der Waals surface area contributed by atoms with E-state index in [9.17, 15) is 19.2 Å². The van der Waals surface area contributed by atoms with Gasteiger partial charge in [0.2, 0.25) is 0 Å². The second-order valence-electron chi connectivity index (χ2n) is 8.60. The summed E-state index contributed by atoms with van der Waals surface area (Å²) in [6, 6.07) is 16.4. The predicted molar refractivity (Wildman–Crippen MR) is 134 cm³/mol. The van der Waals surface area contributed by atoms with Gasteiger partial charge >= 0.3 is 5.97 Å². The molecule has 9 heteroatoms. The van der Waals surface area contributed by atoms with E-state index in [-0.39, 0.29) is 36.1 Å². The molecule has 0 saturated heterocycles. The third kappa shape index (κ3) is 4.58. The van der Waals surface area contributed by atoms with Crippen LogP contribution in [-0.2, 0) is 17.9 Å². The number of ether oxygens (including phenoxy) is 2. The minimum absolute atomic E-state index is 0.0125. The van der Waals surface area contributed by atoms with Crippen LogP contribution >= 0.6 is 0 Å². The maximum absolute atomic E-state index is 13.0. The Bertz CT molecular complexity index is 1590. The summed E-state index contributed by atoms with van der Waals surface area (Å²) in [6.07, 6.45) is 1.69. The van der Waals surface area contributed by atoms with E-state index in [0.717, 1.165) is 10.5 Å². The van der Waals surface area contributed by atoms with E-state index in [1.54, 1.807) is 61.7 Å². The second kappa shape index (κ2) is 9.69. The van der Waals surface area contributed by atoms with E-state index in [0.29, 0.717) is 40.4 Å². The van der Waals surface area contributed by atoms with Crippen molar-refractivity contribution in [2.75, 3.05) is 6.61 Å². The van der Waals surface area contributed by atoms with E-state index in [2.05, 4.69) is 4.98 Å². The summed E-state index contributed by atoms with van der Waals surface area (Å²) in [5, 5.41) is 0. The predicted octanol–water partition coefficient (Wildman–Crippen LogP) is 3.55. The van der Waals surface area contributed by atoms with Crippen LogP contribution in [0.3, 0.4) is 0 Å². The molecular formula is C28H23N3O6. The number of imide groups is 1. The number of hydrogen-bond donors (Lipinski definition) is 0. The maximum Gasteiger partial charge on any atom is 0.342 e. The zero-order valence-corrected chi connectivity index (χ0v) is 20.3. The van der Waals surface area contributed by atoms with Gasteiger partial charge in [-0.1, -0.05) is 24.3 Å². The van der Waals surface area contributed by atoms with Crippen LogP contribution in [0.5, 0.6) is 5.75 Å². The Hall–Kier alpha value is -4.79. The summed E-state index contributed by atoms with van der Waals surface area (Å²) in [5.41, 5.74) is 2.80. The normalized spacial score (nSPS) is 12.6. The number of nitrogens with zero attached hydrogens (tertiary/aromatic N) is 3. The molecule has 1 aliphatic heterocycles. The van der Waals surface area contributed by atoms with E-state index >= 15 is 0 Å². The molecule has 2 aromatic carbocycles. The summed E-state index contributed by atoms with van der Waals surface area (Å²) in [6.45, 7) is 3.75. The highest BCUT2D eigenvalue weighted by atomic mass is 16.5. The lowest BCUT2D eigenvalue weighted by Gasteiger charge is -2.16. The fourth-order valence-electron chi connectivity index (χ4n) is 4.23. The van der Waals surface area contributed by atoms with Crippen molar-refractivity contribution in [2.24, 2.45) is 0 Å². The van der Waals surface area contributed by atoms with Crippen LogP contribution in [0.2, 0.25) is 0 Å². The van der Waals surface area contributed by atoms with Crippen molar-refractivity contribution >= 4 is 23.4 Å². The molecule has 9 nitrogen and oxygen atoms in total. The molecule has 0 atom stereocenters. The number of rotatable bonds is 7. The van der Waals surface area contributed by atoms with E-state index < -0.39 is 5.97 Å². The van der Waals surface area contributed by atoms with Crippen LogP contribution in [0.15, 0.2) is 71.7 Å². The van der Waals surface area contributed by atoms with E-state index in [4.69, 9.17) is 9.47 Å². The first kappa shape index (κ1) is 23.9. The molecule has 0 aliphatic carbocycles. The zero-order chi connectivity index (χ0) is 26.1. The van der Waals surface area contributed by atoms with Gasteiger partial charge in [-0.15, -0.1) is 0 Å². The van der Waals surface area contributed by atoms with Gasteiger partial charge in [0.15, 0.2) is 0 Å². The van der Waals surface area contributed by atoms with Gasteiger partial charge in [-0.2, -0.15) is 0 Å². The molecule has 0 unspecified atom stereocenters. The number of fused-ring (bicyclic) bond motifs is 2. The first-order valence-electron chi connectivity index (χ1n) is 11.7. The van der Waals surface area contributed by atoms with Crippen LogP contribution in [0.1, 0.15) is 54.8 Å². The Morgan fingerprint density at radius 3 is 2.38 bits per heavy atom. The van der Waals surface area contributed by atoms with Crippen LogP contribution in [0.4, 0.5) is 0 Å². The molecule has 0 N–H and O–H groups in total. The van der Waals surface area contributed by atoms with Gasteiger partial charge in [-0.25, -0.2) is 9.78 Å². The largest absolute Gasteiger partial charge is 0.493 e. The van der Waals surface area contributed by atoms with E-state index in [1.807, 2.05) is 13.0 Å². The lowest BCUT2D eigenvalue weighted by atomic mass is 10.1. The lowest BCUT2D eigenvalue weighted by Crippen LogP contribution is -2.29. The Morgan fingerprint density at radius 1 is 0.946 bits per heavy atom. The van der Waals surface area contributed by atoms with Gasteiger partial charge in [0.25, 0.3) is 17.4 Å². The highest BCUT2D eigenvalue weighted by Gasteiger charge is 2.35. The zero-order valence-electron chi connectivity index (χ0n) is 20.3. The van der Waals surface area contributed by atoms with Crippen molar-refractivity contribution in [1.82, 2.24) is 14.3 Å². The van der Waals surface area contributed by atoms with Crippen molar-refractivity contribution in [2.45, 2.75) is 27.0 Å².